The fraction of sp³-hybridized carbons (Fsp3) is 0.217. The second-order valence-corrected chi connectivity index (χ2v) is 9.53. The maximum absolute atomic E-state index is 12.6. The third kappa shape index (κ3) is 8.19. The number of hydrogen-bond donors (Lipinski definition) is 6. The predicted molar refractivity (Wildman–Crippen MR) is 141 cm³/mol. The Bertz CT molecular complexity index is 1460. The van der Waals surface area contributed by atoms with Gasteiger partial charge in [-0.05, 0) is 36.8 Å². The number of guanidine groups is 1. The van der Waals surface area contributed by atoms with E-state index in [2.05, 4.69) is 15.4 Å². The van der Waals surface area contributed by atoms with Crippen molar-refractivity contribution in [3.05, 3.63) is 76.7 Å². The van der Waals surface area contributed by atoms with Crippen molar-refractivity contribution in [2.75, 3.05) is 19.7 Å². The minimum Gasteiger partial charge on any atom is -0.492 e. The number of sulfonamides is 1. The molecule has 1 unspecified atom stereocenters. The van der Waals surface area contributed by atoms with Crippen LogP contribution in [0.2, 0.25) is 0 Å². The SMILES string of the molecule is Cl.N=C(N)NCCCOc1ccc2cc(C(=O)NCC(NS(=O)(=O)c3ccccc3)C(=O)O)cc(=O)n2c1. The highest BCUT2D eigenvalue weighted by Gasteiger charge is 2.26. The molecule has 0 fully saturated rings. The van der Waals surface area contributed by atoms with Gasteiger partial charge in [-0.3, -0.25) is 24.2 Å². The molecule has 0 saturated carbocycles. The van der Waals surface area contributed by atoms with Crippen LogP contribution in [0.1, 0.15) is 16.8 Å². The molecule has 0 aliphatic rings. The highest BCUT2D eigenvalue weighted by atomic mass is 35.5. The minimum atomic E-state index is -4.14. The third-order valence-corrected chi connectivity index (χ3v) is 6.54. The second-order valence-electron chi connectivity index (χ2n) is 7.82. The number of halogens is 1. The molecule has 15 heteroatoms. The molecule has 0 aliphatic carbocycles. The summed E-state index contributed by atoms with van der Waals surface area (Å²) in [5.74, 6) is -1.94. The molecule has 1 aromatic carbocycles. The van der Waals surface area contributed by atoms with Crippen LogP contribution in [0.25, 0.3) is 5.52 Å². The molecule has 13 nitrogen and oxygen atoms in total. The molecule has 0 bridgehead atoms. The zero-order chi connectivity index (χ0) is 27.0. The molecule has 1 atom stereocenters. The highest BCUT2D eigenvalue weighted by molar-refractivity contribution is 7.89. The predicted octanol–water partition coefficient (Wildman–Crippen LogP) is 0.135. The second kappa shape index (κ2) is 13.4. The number of benzene rings is 1. The van der Waals surface area contributed by atoms with Gasteiger partial charge in [0.2, 0.25) is 10.0 Å². The number of hydrogen-bond acceptors (Lipinski definition) is 7. The summed E-state index contributed by atoms with van der Waals surface area (Å²) in [6.07, 6.45) is 2.04. The molecule has 0 radical (unpaired) electrons. The number of nitrogens with two attached hydrogens (primary N) is 1. The average molecular weight is 567 g/mol. The summed E-state index contributed by atoms with van der Waals surface area (Å²) in [7, 11) is -4.14. The Balaban J connectivity index is 0.00000507. The van der Waals surface area contributed by atoms with E-state index < -0.39 is 40.0 Å². The number of carbonyl (C=O) groups excluding carboxylic acids is 1. The summed E-state index contributed by atoms with van der Waals surface area (Å²) in [6, 6.07) is 11.3. The molecule has 2 heterocycles. The topological polar surface area (TPSA) is 205 Å². The number of rotatable bonds is 12. The van der Waals surface area contributed by atoms with Crippen molar-refractivity contribution in [3.8, 4) is 5.75 Å². The van der Waals surface area contributed by atoms with Crippen LogP contribution in [0.4, 0.5) is 0 Å². The van der Waals surface area contributed by atoms with Crippen molar-refractivity contribution in [1.29, 1.82) is 5.41 Å². The van der Waals surface area contributed by atoms with E-state index in [0.29, 0.717) is 30.8 Å². The lowest BCUT2D eigenvalue weighted by molar-refractivity contribution is -0.138. The first-order valence-corrected chi connectivity index (χ1v) is 12.5. The van der Waals surface area contributed by atoms with Gasteiger partial charge in [0, 0.05) is 30.2 Å². The summed E-state index contributed by atoms with van der Waals surface area (Å²) >= 11 is 0. The van der Waals surface area contributed by atoms with Crippen molar-refractivity contribution in [3.63, 3.8) is 0 Å². The van der Waals surface area contributed by atoms with Gasteiger partial charge in [-0.2, -0.15) is 4.72 Å². The van der Waals surface area contributed by atoms with E-state index in [1.165, 1.54) is 40.9 Å². The number of aromatic nitrogens is 1. The minimum absolute atomic E-state index is 0. The van der Waals surface area contributed by atoms with Crippen LogP contribution < -0.4 is 31.4 Å². The molecular formula is C23H27ClN6O7S. The number of nitrogens with zero attached hydrogens (tertiary/aromatic N) is 1. The number of amides is 1. The molecular weight excluding hydrogens is 540 g/mol. The molecule has 1 amide bonds. The number of carboxylic acids is 1. The first kappa shape index (κ1) is 30.1. The summed E-state index contributed by atoms with van der Waals surface area (Å²) in [6.45, 7) is 0.225. The number of pyridine rings is 2. The monoisotopic (exact) mass is 566 g/mol. The standard InChI is InChI=1S/C23H26N6O7S.ClH/c24-23(25)26-9-4-10-36-17-8-7-16-11-15(12-20(30)29(16)14-17)21(31)27-13-19(22(32)33)28-37(34,35)18-5-2-1-3-6-18;/h1-3,5-8,11-12,14,19,28H,4,9-10,13H2,(H,27,31)(H,32,33)(H4,24,25,26);1H. The number of aliphatic carboxylic acids is 1. The van der Waals surface area contributed by atoms with E-state index in [9.17, 15) is 27.9 Å². The van der Waals surface area contributed by atoms with Crippen LogP contribution in [0.15, 0.2) is 70.5 Å². The van der Waals surface area contributed by atoms with E-state index in [1.807, 2.05) is 0 Å². The molecule has 2 aromatic heterocycles. The van der Waals surface area contributed by atoms with Gasteiger partial charge in [-0.15, -0.1) is 12.4 Å². The van der Waals surface area contributed by atoms with Crippen LogP contribution in [-0.2, 0) is 14.8 Å². The highest BCUT2D eigenvalue weighted by Crippen LogP contribution is 2.14. The molecule has 0 saturated heterocycles. The summed E-state index contributed by atoms with van der Waals surface area (Å²) in [5.41, 5.74) is 5.05. The lowest BCUT2D eigenvalue weighted by atomic mass is 10.2. The van der Waals surface area contributed by atoms with E-state index in [-0.39, 0.29) is 28.8 Å². The van der Waals surface area contributed by atoms with Crippen molar-refractivity contribution >= 4 is 45.8 Å². The number of ether oxygens (including phenoxy) is 1. The quantitative estimate of drug-likeness (QED) is 0.0999. The van der Waals surface area contributed by atoms with E-state index in [4.69, 9.17) is 15.9 Å². The van der Waals surface area contributed by atoms with Crippen molar-refractivity contribution in [1.82, 2.24) is 19.8 Å². The van der Waals surface area contributed by atoms with Gasteiger partial charge in [-0.25, -0.2) is 8.42 Å². The van der Waals surface area contributed by atoms with Crippen molar-refractivity contribution < 1.29 is 27.9 Å². The molecule has 0 spiro atoms. The van der Waals surface area contributed by atoms with Gasteiger partial charge in [0.1, 0.15) is 11.8 Å². The van der Waals surface area contributed by atoms with Crippen LogP contribution >= 0.6 is 12.4 Å². The Kier molecular flexibility index (Phi) is 10.6. The van der Waals surface area contributed by atoms with E-state index in [0.717, 1.165) is 6.07 Å². The number of carboxylic acid groups (broad SMARTS) is 1. The molecule has 3 aromatic rings. The molecule has 38 heavy (non-hydrogen) atoms. The summed E-state index contributed by atoms with van der Waals surface area (Å²) < 4.78 is 33.8. The van der Waals surface area contributed by atoms with Gasteiger partial charge in [0.25, 0.3) is 11.5 Å². The van der Waals surface area contributed by atoms with Crippen molar-refractivity contribution in [2.45, 2.75) is 17.4 Å². The zero-order valence-electron chi connectivity index (χ0n) is 19.9. The van der Waals surface area contributed by atoms with Crippen LogP contribution in [0.5, 0.6) is 5.75 Å². The maximum atomic E-state index is 12.6. The third-order valence-electron chi connectivity index (χ3n) is 5.06. The summed E-state index contributed by atoms with van der Waals surface area (Å²) in [4.78, 5) is 36.7. The van der Waals surface area contributed by atoms with Crippen LogP contribution in [0.3, 0.4) is 0 Å². The maximum Gasteiger partial charge on any atom is 0.323 e. The van der Waals surface area contributed by atoms with Gasteiger partial charge < -0.3 is 26.2 Å². The lowest BCUT2D eigenvalue weighted by Gasteiger charge is -2.16. The Morgan fingerprint density at radius 3 is 2.47 bits per heavy atom. The number of nitrogens with one attached hydrogen (secondary N) is 4. The Hall–Kier alpha value is -4.14. The normalized spacial score (nSPS) is 11.7. The molecule has 3 rings (SSSR count). The molecule has 204 valence electrons. The first-order chi connectivity index (χ1) is 17.6. The Morgan fingerprint density at radius 1 is 1.11 bits per heavy atom. The Labute approximate surface area is 224 Å². The van der Waals surface area contributed by atoms with E-state index in [1.54, 1.807) is 18.2 Å². The summed E-state index contributed by atoms with van der Waals surface area (Å²) in [5, 5.41) is 21.5. The van der Waals surface area contributed by atoms with Gasteiger partial charge in [0.05, 0.1) is 17.7 Å². The Morgan fingerprint density at radius 2 is 1.82 bits per heavy atom. The van der Waals surface area contributed by atoms with Gasteiger partial charge in [0.15, 0.2) is 5.96 Å². The molecule has 7 N–H and O–H groups in total. The number of fused-ring (bicyclic) bond motifs is 1. The van der Waals surface area contributed by atoms with Crippen molar-refractivity contribution in [2.24, 2.45) is 5.73 Å². The largest absolute Gasteiger partial charge is 0.492 e. The lowest BCUT2D eigenvalue weighted by Crippen LogP contribution is -2.48. The van der Waals surface area contributed by atoms with E-state index >= 15 is 0 Å². The van der Waals surface area contributed by atoms with Crippen LogP contribution in [-0.4, -0.2) is 61.5 Å². The van der Waals surface area contributed by atoms with Gasteiger partial charge >= 0.3 is 5.97 Å². The first-order valence-electron chi connectivity index (χ1n) is 11.0. The fourth-order valence-electron chi connectivity index (χ4n) is 3.24. The van der Waals surface area contributed by atoms with Gasteiger partial charge in [-0.1, -0.05) is 18.2 Å². The smallest absolute Gasteiger partial charge is 0.323 e. The average Bonchev–Trinajstić information content (AvgIpc) is 2.86. The molecule has 0 aliphatic heterocycles. The van der Waals surface area contributed by atoms with Crippen LogP contribution in [0, 0.1) is 5.41 Å². The fourth-order valence-corrected chi connectivity index (χ4v) is 4.45. The zero-order valence-corrected chi connectivity index (χ0v) is 21.6. The number of carbonyl (C=O) groups is 2.